The number of nitrogens with zero attached hydrogens (tertiary/aromatic N) is 1. The van der Waals surface area contributed by atoms with Crippen LogP contribution in [0.1, 0.15) is 64.2 Å². The van der Waals surface area contributed by atoms with Crippen LogP contribution in [0.5, 0.6) is 0 Å². The summed E-state index contributed by atoms with van der Waals surface area (Å²) in [6, 6.07) is 0.823. The Hall–Kier alpha value is -0.990. The summed E-state index contributed by atoms with van der Waals surface area (Å²) in [6.07, 6.45) is 13.8. The zero-order valence-electron chi connectivity index (χ0n) is 12.0. The van der Waals surface area contributed by atoms with Gasteiger partial charge in [-0.25, -0.2) is 4.79 Å². The molecule has 0 bridgehead atoms. The third kappa shape index (κ3) is 3.99. The molecule has 1 amide bonds. The molecule has 0 atom stereocenters. The van der Waals surface area contributed by atoms with Crippen LogP contribution >= 0.6 is 0 Å². The van der Waals surface area contributed by atoms with Crippen molar-refractivity contribution in [2.75, 3.05) is 6.61 Å². The SMILES string of the molecule is C=CCOC(=O)N(C1CCCCC1)C1CCCCC1. The van der Waals surface area contributed by atoms with Crippen LogP contribution in [0, 0.1) is 0 Å². The summed E-state index contributed by atoms with van der Waals surface area (Å²) >= 11 is 0. The maximum absolute atomic E-state index is 12.4. The second kappa shape index (κ2) is 7.56. The Kier molecular flexibility index (Phi) is 5.74. The molecule has 0 aromatic carbocycles. The minimum absolute atomic E-state index is 0.112. The lowest BCUT2D eigenvalue weighted by Crippen LogP contribution is -2.49. The van der Waals surface area contributed by atoms with Gasteiger partial charge in [-0.05, 0) is 25.7 Å². The van der Waals surface area contributed by atoms with Gasteiger partial charge in [-0.15, -0.1) is 0 Å². The average Bonchev–Trinajstić information content (AvgIpc) is 2.47. The molecule has 2 fully saturated rings. The Morgan fingerprint density at radius 1 is 1.00 bits per heavy atom. The summed E-state index contributed by atoms with van der Waals surface area (Å²) < 4.78 is 5.33. The first-order valence-electron chi connectivity index (χ1n) is 7.89. The van der Waals surface area contributed by atoms with E-state index < -0.39 is 0 Å². The van der Waals surface area contributed by atoms with E-state index in [2.05, 4.69) is 11.5 Å². The van der Waals surface area contributed by atoms with Crippen LogP contribution in [-0.2, 0) is 4.74 Å². The highest BCUT2D eigenvalue weighted by Crippen LogP contribution is 2.30. The van der Waals surface area contributed by atoms with Crippen molar-refractivity contribution in [1.29, 1.82) is 0 Å². The fourth-order valence-corrected chi connectivity index (χ4v) is 3.52. The number of rotatable bonds is 4. The minimum atomic E-state index is -0.112. The fraction of sp³-hybridized carbons (Fsp3) is 0.812. The molecule has 108 valence electrons. The molecular formula is C16H27NO2. The molecule has 0 aromatic heterocycles. The zero-order valence-corrected chi connectivity index (χ0v) is 12.0. The van der Waals surface area contributed by atoms with Crippen LogP contribution < -0.4 is 0 Å². The predicted octanol–water partition coefficient (Wildman–Crippen LogP) is 4.28. The van der Waals surface area contributed by atoms with Gasteiger partial charge in [0.25, 0.3) is 0 Å². The summed E-state index contributed by atoms with van der Waals surface area (Å²) in [5.74, 6) is 0. The highest BCUT2D eigenvalue weighted by atomic mass is 16.6. The number of ether oxygens (including phenoxy) is 1. The first-order chi connectivity index (χ1) is 9.33. The van der Waals surface area contributed by atoms with Gasteiger partial charge < -0.3 is 9.64 Å². The monoisotopic (exact) mass is 265 g/mol. The maximum atomic E-state index is 12.4. The lowest BCUT2D eigenvalue weighted by molar-refractivity contribution is 0.0514. The van der Waals surface area contributed by atoms with Gasteiger partial charge in [0.1, 0.15) is 6.61 Å². The number of hydrogen-bond donors (Lipinski definition) is 0. The van der Waals surface area contributed by atoms with Gasteiger partial charge in [-0.3, -0.25) is 0 Å². The Bertz CT molecular complexity index is 273. The van der Waals surface area contributed by atoms with E-state index >= 15 is 0 Å². The van der Waals surface area contributed by atoms with Crippen LogP contribution in [0.2, 0.25) is 0 Å². The van der Waals surface area contributed by atoms with E-state index in [1.165, 1.54) is 38.5 Å². The molecule has 2 aliphatic rings. The Labute approximate surface area is 117 Å². The van der Waals surface area contributed by atoms with Gasteiger partial charge in [0.2, 0.25) is 0 Å². The summed E-state index contributed by atoms with van der Waals surface area (Å²) in [6.45, 7) is 3.95. The molecule has 19 heavy (non-hydrogen) atoms. The summed E-state index contributed by atoms with van der Waals surface area (Å²) in [7, 11) is 0. The van der Waals surface area contributed by atoms with Crippen molar-refractivity contribution in [3.63, 3.8) is 0 Å². The van der Waals surface area contributed by atoms with Gasteiger partial charge in [0, 0.05) is 12.1 Å². The second-order valence-electron chi connectivity index (χ2n) is 5.86. The first-order valence-corrected chi connectivity index (χ1v) is 7.89. The van der Waals surface area contributed by atoms with Crippen molar-refractivity contribution >= 4 is 6.09 Å². The quantitative estimate of drug-likeness (QED) is 0.710. The molecular weight excluding hydrogens is 238 g/mol. The van der Waals surface area contributed by atoms with Crippen molar-refractivity contribution in [3.05, 3.63) is 12.7 Å². The highest BCUT2D eigenvalue weighted by molar-refractivity contribution is 5.68. The number of carbonyl (C=O) groups excluding carboxylic acids is 1. The van der Waals surface area contributed by atoms with Crippen molar-refractivity contribution in [2.24, 2.45) is 0 Å². The van der Waals surface area contributed by atoms with Crippen molar-refractivity contribution < 1.29 is 9.53 Å². The van der Waals surface area contributed by atoms with Gasteiger partial charge in [0.15, 0.2) is 0 Å². The van der Waals surface area contributed by atoms with E-state index in [0.29, 0.717) is 18.7 Å². The molecule has 0 spiro atoms. The van der Waals surface area contributed by atoms with Crippen LogP contribution in [-0.4, -0.2) is 29.7 Å². The van der Waals surface area contributed by atoms with Crippen molar-refractivity contribution in [2.45, 2.75) is 76.3 Å². The summed E-state index contributed by atoms with van der Waals surface area (Å²) in [5, 5.41) is 0. The lowest BCUT2D eigenvalue weighted by atomic mass is 9.89. The molecule has 0 radical (unpaired) electrons. The van der Waals surface area contributed by atoms with E-state index in [1.54, 1.807) is 6.08 Å². The molecule has 0 saturated heterocycles. The number of amides is 1. The van der Waals surface area contributed by atoms with Crippen molar-refractivity contribution in [1.82, 2.24) is 4.90 Å². The van der Waals surface area contributed by atoms with Crippen LogP contribution in [0.25, 0.3) is 0 Å². The van der Waals surface area contributed by atoms with Gasteiger partial charge in [0.05, 0.1) is 0 Å². The molecule has 0 aromatic rings. The van der Waals surface area contributed by atoms with E-state index in [9.17, 15) is 4.79 Å². The molecule has 2 aliphatic carbocycles. The van der Waals surface area contributed by atoms with Gasteiger partial charge in [-0.2, -0.15) is 0 Å². The third-order valence-corrected chi connectivity index (χ3v) is 4.47. The van der Waals surface area contributed by atoms with Gasteiger partial charge >= 0.3 is 6.09 Å². The molecule has 2 rings (SSSR count). The fourth-order valence-electron chi connectivity index (χ4n) is 3.52. The Balaban J connectivity index is 2.01. The van der Waals surface area contributed by atoms with Crippen LogP contribution in [0.4, 0.5) is 4.79 Å². The molecule has 0 unspecified atom stereocenters. The topological polar surface area (TPSA) is 29.5 Å². The molecule has 0 N–H and O–H groups in total. The molecule has 0 aliphatic heterocycles. The first kappa shape index (κ1) is 14.4. The zero-order chi connectivity index (χ0) is 13.5. The van der Waals surface area contributed by atoms with E-state index in [-0.39, 0.29) is 6.09 Å². The van der Waals surface area contributed by atoms with Crippen LogP contribution in [0.15, 0.2) is 12.7 Å². The predicted molar refractivity (Wildman–Crippen MR) is 77.1 cm³/mol. The average molecular weight is 265 g/mol. The number of carbonyl (C=O) groups is 1. The normalized spacial score (nSPS) is 21.9. The van der Waals surface area contributed by atoms with E-state index in [0.717, 1.165) is 25.7 Å². The second-order valence-corrected chi connectivity index (χ2v) is 5.86. The molecule has 3 heteroatoms. The number of hydrogen-bond acceptors (Lipinski definition) is 2. The standard InChI is InChI=1S/C16H27NO2/c1-2-13-19-16(18)17(14-9-5-3-6-10-14)15-11-7-4-8-12-15/h2,14-15H,1,3-13H2. The van der Waals surface area contributed by atoms with Crippen LogP contribution in [0.3, 0.4) is 0 Å². The van der Waals surface area contributed by atoms with E-state index in [4.69, 9.17) is 4.74 Å². The minimum Gasteiger partial charge on any atom is -0.445 e. The van der Waals surface area contributed by atoms with Crippen molar-refractivity contribution in [3.8, 4) is 0 Å². The smallest absolute Gasteiger partial charge is 0.410 e. The molecule has 2 saturated carbocycles. The van der Waals surface area contributed by atoms with Gasteiger partial charge in [-0.1, -0.05) is 51.2 Å². The Morgan fingerprint density at radius 3 is 1.89 bits per heavy atom. The molecule has 0 heterocycles. The molecule has 3 nitrogen and oxygen atoms in total. The summed E-state index contributed by atoms with van der Waals surface area (Å²) in [4.78, 5) is 14.4. The summed E-state index contributed by atoms with van der Waals surface area (Å²) in [5.41, 5.74) is 0. The van der Waals surface area contributed by atoms with E-state index in [1.807, 2.05) is 0 Å². The maximum Gasteiger partial charge on any atom is 0.410 e. The highest BCUT2D eigenvalue weighted by Gasteiger charge is 2.33. The Morgan fingerprint density at radius 2 is 1.47 bits per heavy atom. The largest absolute Gasteiger partial charge is 0.445 e. The third-order valence-electron chi connectivity index (χ3n) is 4.47. The lowest BCUT2D eigenvalue weighted by Gasteiger charge is -2.40.